The molecule has 0 aliphatic rings. The molecule has 0 unspecified atom stereocenters. The SMILES string of the molecule is [2H]C([2H])(NC(=O)c1sc2nnc(C)c(C)c2c1N)c1ccc(OC)cc1. The number of amides is 1. The van der Waals surface area contributed by atoms with Crippen LogP contribution < -0.4 is 15.8 Å². The highest BCUT2D eigenvalue weighted by atomic mass is 32.1. The number of anilines is 1. The van der Waals surface area contributed by atoms with Crippen molar-refractivity contribution in [3.63, 3.8) is 0 Å². The number of rotatable bonds is 4. The minimum absolute atomic E-state index is 0.223. The lowest BCUT2D eigenvalue weighted by molar-refractivity contribution is 0.0956. The standard InChI is InChI=1S/C17H18N4O2S/c1-9-10(2)20-21-17-13(9)14(18)15(24-17)16(22)19-8-11-4-6-12(23-3)7-5-11/h4-7H,8,18H2,1-3H3,(H,19,22)/i8D2. The van der Waals surface area contributed by atoms with E-state index in [2.05, 4.69) is 15.5 Å². The van der Waals surface area contributed by atoms with Gasteiger partial charge in [-0.15, -0.1) is 16.4 Å². The zero-order valence-corrected chi connectivity index (χ0v) is 14.3. The maximum atomic E-state index is 12.6. The van der Waals surface area contributed by atoms with Crippen LogP contribution in [-0.2, 0) is 6.50 Å². The molecule has 1 amide bonds. The average Bonchev–Trinajstić information content (AvgIpc) is 2.95. The Morgan fingerprint density at radius 3 is 2.71 bits per heavy atom. The first-order valence-electron chi connectivity index (χ1n) is 8.23. The summed E-state index contributed by atoms with van der Waals surface area (Å²) >= 11 is 1.10. The van der Waals surface area contributed by atoms with E-state index in [9.17, 15) is 4.79 Å². The number of nitrogens with two attached hydrogens (primary N) is 1. The van der Waals surface area contributed by atoms with Gasteiger partial charge in [0.2, 0.25) is 0 Å². The Kier molecular flexibility index (Phi) is 3.69. The highest BCUT2D eigenvalue weighted by Gasteiger charge is 2.19. The molecule has 24 heavy (non-hydrogen) atoms. The Bertz CT molecular complexity index is 987. The summed E-state index contributed by atoms with van der Waals surface area (Å²) < 4.78 is 21.4. The monoisotopic (exact) mass is 344 g/mol. The number of carbonyl (C=O) groups is 1. The number of nitrogens with one attached hydrogen (secondary N) is 1. The van der Waals surface area contributed by atoms with Crippen molar-refractivity contribution < 1.29 is 12.3 Å². The van der Waals surface area contributed by atoms with Gasteiger partial charge in [0.05, 0.1) is 21.2 Å². The predicted octanol–water partition coefficient (Wildman–Crippen LogP) is 2.83. The van der Waals surface area contributed by atoms with Crippen LogP contribution in [0.4, 0.5) is 5.69 Å². The number of nitrogens with zero attached hydrogens (tertiary/aromatic N) is 2. The topological polar surface area (TPSA) is 90.1 Å². The summed E-state index contributed by atoms with van der Waals surface area (Å²) in [6.07, 6.45) is 0. The molecular weight excluding hydrogens is 324 g/mol. The van der Waals surface area contributed by atoms with Crippen molar-refractivity contribution in [2.45, 2.75) is 20.3 Å². The van der Waals surface area contributed by atoms with Gasteiger partial charge in [-0.2, -0.15) is 5.10 Å². The van der Waals surface area contributed by atoms with Crippen molar-refractivity contribution in [3.05, 3.63) is 46.0 Å². The molecule has 2 aromatic heterocycles. The van der Waals surface area contributed by atoms with Crippen LogP contribution in [0.1, 0.15) is 29.2 Å². The van der Waals surface area contributed by atoms with Gasteiger partial charge in [-0.3, -0.25) is 4.79 Å². The molecule has 0 radical (unpaired) electrons. The maximum Gasteiger partial charge on any atom is 0.263 e. The fourth-order valence-electron chi connectivity index (χ4n) is 2.27. The van der Waals surface area contributed by atoms with E-state index < -0.39 is 12.4 Å². The summed E-state index contributed by atoms with van der Waals surface area (Å²) in [6.45, 7) is 1.62. The quantitative estimate of drug-likeness (QED) is 0.759. The summed E-state index contributed by atoms with van der Waals surface area (Å²) in [6, 6.07) is 6.39. The third kappa shape index (κ3) is 2.90. The second-order valence-corrected chi connectivity index (χ2v) is 6.24. The smallest absolute Gasteiger partial charge is 0.263 e. The normalized spacial score (nSPS) is 12.6. The van der Waals surface area contributed by atoms with E-state index in [0.717, 1.165) is 22.6 Å². The number of ether oxygens (including phenoxy) is 1. The molecule has 0 fully saturated rings. The van der Waals surface area contributed by atoms with Gasteiger partial charge in [-0.25, -0.2) is 0 Å². The molecule has 3 N–H and O–H groups in total. The van der Waals surface area contributed by atoms with Gasteiger partial charge < -0.3 is 15.8 Å². The fourth-order valence-corrected chi connectivity index (χ4v) is 3.27. The van der Waals surface area contributed by atoms with Gasteiger partial charge in [0.1, 0.15) is 15.5 Å². The zero-order valence-electron chi connectivity index (χ0n) is 15.5. The average molecular weight is 344 g/mol. The van der Waals surface area contributed by atoms with Crippen molar-refractivity contribution in [2.75, 3.05) is 12.8 Å². The third-order valence-corrected chi connectivity index (χ3v) is 4.84. The molecule has 124 valence electrons. The van der Waals surface area contributed by atoms with Crippen molar-refractivity contribution >= 4 is 33.1 Å². The van der Waals surface area contributed by atoms with E-state index >= 15 is 0 Å². The highest BCUT2D eigenvalue weighted by Crippen LogP contribution is 2.34. The maximum absolute atomic E-state index is 12.6. The molecule has 3 rings (SSSR count). The van der Waals surface area contributed by atoms with Gasteiger partial charge >= 0.3 is 0 Å². The number of hydrogen-bond acceptors (Lipinski definition) is 6. The number of thiophene rings is 1. The molecule has 7 heteroatoms. The molecule has 0 atom stereocenters. The van der Waals surface area contributed by atoms with E-state index in [1.807, 2.05) is 13.8 Å². The number of benzene rings is 1. The lowest BCUT2D eigenvalue weighted by atomic mass is 10.1. The molecule has 0 aliphatic carbocycles. The van der Waals surface area contributed by atoms with Crippen molar-refractivity contribution in [3.8, 4) is 5.75 Å². The highest BCUT2D eigenvalue weighted by molar-refractivity contribution is 7.21. The number of hydrogen-bond donors (Lipinski definition) is 2. The Labute approximate surface area is 146 Å². The molecule has 0 spiro atoms. The minimum atomic E-state index is -2.07. The Balaban J connectivity index is 1.93. The first-order chi connectivity index (χ1) is 12.2. The van der Waals surface area contributed by atoms with Crippen LogP contribution >= 0.6 is 11.3 Å². The van der Waals surface area contributed by atoms with Crippen molar-refractivity contribution in [1.29, 1.82) is 0 Å². The first-order valence-corrected chi connectivity index (χ1v) is 8.05. The third-order valence-electron chi connectivity index (χ3n) is 3.75. The Morgan fingerprint density at radius 2 is 2.04 bits per heavy atom. The molecule has 2 heterocycles. The number of aryl methyl sites for hydroxylation is 2. The van der Waals surface area contributed by atoms with E-state index in [4.69, 9.17) is 13.2 Å². The summed E-state index contributed by atoms with van der Waals surface area (Å²) in [5.41, 5.74) is 8.35. The van der Waals surface area contributed by atoms with E-state index in [0.29, 0.717) is 27.2 Å². The van der Waals surface area contributed by atoms with Crippen LogP contribution in [0.25, 0.3) is 10.2 Å². The van der Waals surface area contributed by atoms with E-state index in [-0.39, 0.29) is 4.88 Å². The number of aromatic nitrogens is 2. The summed E-state index contributed by atoms with van der Waals surface area (Å²) in [4.78, 5) is 13.4. The lowest BCUT2D eigenvalue weighted by Gasteiger charge is -2.06. The molecule has 3 aromatic rings. The van der Waals surface area contributed by atoms with Gasteiger partial charge in [0, 0.05) is 11.9 Å². The van der Waals surface area contributed by atoms with Crippen LogP contribution in [0.3, 0.4) is 0 Å². The molecule has 1 aromatic carbocycles. The lowest BCUT2D eigenvalue weighted by Crippen LogP contribution is -2.22. The van der Waals surface area contributed by atoms with Gasteiger partial charge in [0.25, 0.3) is 5.91 Å². The molecule has 0 bridgehead atoms. The van der Waals surface area contributed by atoms with Crippen LogP contribution in [0.5, 0.6) is 5.75 Å². The van der Waals surface area contributed by atoms with Crippen LogP contribution in [0.2, 0.25) is 0 Å². The molecular formula is C17H18N4O2S. The van der Waals surface area contributed by atoms with Gasteiger partial charge in [-0.05, 0) is 37.1 Å². The number of carbonyl (C=O) groups excluding carboxylic acids is 1. The summed E-state index contributed by atoms with van der Waals surface area (Å²) in [5.74, 6) is 0.0115. The molecule has 6 nitrogen and oxygen atoms in total. The zero-order chi connectivity index (χ0) is 19.1. The van der Waals surface area contributed by atoms with Crippen molar-refractivity contribution in [2.24, 2.45) is 0 Å². The molecule has 0 saturated carbocycles. The molecule has 0 aliphatic heterocycles. The first kappa shape index (κ1) is 13.7. The Morgan fingerprint density at radius 1 is 1.33 bits per heavy atom. The van der Waals surface area contributed by atoms with Crippen LogP contribution in [0, 0.1) is 13.8 Å². The largest absolute Gasteiger partial charge is 0.497 e. The van der Waals surface area contributed by atoms with E-state index in [1.54, 1.807) is 24.3 Å². The number of nitrogen functional groups attached to an aromatic ring is 1. The van der Waals surface area contributed by atoms with Gasteiger partial charge in [0.15, 0.2) is 0 Å². The van der Waals surface area contributed by atoms with Gasteiger partial charge in [-0.1, -0.05) is 12.1 Å². The minimum Gasteiger partial charge on any atom is -0.497 e. The summed E-state index contributed by atoms with van der Waals surface area (Å²) in [7, 11) is 1.53. The van der Waals surface area contributed by atoms with Crippen LogP contribution in [-0.4, -0.2) is 23.2 Å². The van der Waals surface area contributed by atoms with Crippen molar-refractivity contribution in [1.82, 2.24) is 15.5 Å². The van der Waals surface area contributed by atoms with Crippen LogP contribution in [0.15, 0.2) is 24.3 Å². The predicted molar refractivity (Wildman–Crippen MR) is 95.5 cm³/mol. The fraction of sp³-hybridized carbons (Fsp3) is 0.235. The molecule has 0 saturated heterocycles. The second-order valence-electron chi connectivity index (χ2n) is 5.24. The number of fused-ring (bicyclic) bond motifs is 1. The second kappa shape index (κ2) is 6.45. The number of methoxy groups -OCH3 is 1. The Hall–Kier alpha value is -2.67. The van der Waals surface area contributed by atoms with E-state index in [1.165, 1.54) is 7.11 Å². The summed E-state index contributed by atoms with van der Waals surface area (Å²) in [5, 5.41) is 11.2.